The number of rotatable bonds is 6. The van der Waals surface area contributed by atoms with Crippen LogP contribution >= 0.6 is 0 Å². The molecule has 0 aliphatic heterocycles. The maximum Gasteiger partial charge on any atom is 0.313 e. The summed E-state index contributed by atoms with van der Waals surface area (Å²) in [6.45, 7) is 5.37. The van der Waals surface area contributed by atoms with Gasteiger partial charge in [-0.3, -0.25) is 14.6 Å². The molecule has 0 unspecified atom stereocenters. The third-order valence-corrected chi connectivity index (χ3v) is 4.18. The van der Waals surface area contributed by atoms with Gasteiger partial charge in [0.05, 0.1) is 11.2 Å². The average Bonchev–Trinajstić information content (AvgIpc) is 2.61. The molecule has 2 aromatic rings. The second-order valence-corrected chi connectivity index (χ2v) is 5.83. The van der Waals surface area contributed by atoms with Crippen molar-refractivity contribution in [2.24, 2.45) is 0 Å². The third-order valence-electron chi connectivity index (χ3n) is 4.18. The maximum absolute atomic E-state index is 12.1. The smallest absolute Gasteiger partial charge is 0.313 e. The van der Waals surface area contributed by atoms with Gasteiger partial charge in [0, 0.05) is 30.7 Å². The summed E-state index contributed by atoms with van der Waals surface area (Å²) in [5.41, 5.74) is 1.20. The zero-order valence-electron chi connectivity index (χ0n) is 14.4. The minimum atomic E-state index is -0.681. The first kappa shape index (κ1) is 17.9. The molecule has 1 heterocycles. The zero-order chi connectivity index (χ0) is 17.5. The SMILES string of the molecule is CC[C@H](C)N(C)CCNC(=O)C(=O)Nc1cccc2cccnc12. The Hall–Kier alpha value is -2.47. The summed E-state index contributed by atoms with van der Waals surface area (Å²) in [5, 5.41) is 6.19. The highest BCUT2D eigenvalue weighted by atomic mass is 16.2. The van der Waals surface area contributed by atoms with Crippen molar-refractivity contribution in [2.75, 3.05) is 25.5 Å². The number of aromatic nitrogens is 1. The first-order valence-electron chi connectivity index (χ1n) is 8.16. The van der Waals surface area contributed by atoms with Crippen molar-refractivity contribution < 1.29 is 9.59 Å². The second-order valence-electron chi connectivity index (χ2n) is 5.83. The van der Waals surface area contributed by atoms with Crippen LogP contribution < -0.4 is 10.6 Å². The minimum Gasteiger partial charge on any atom is -0.347 e. The van der Waals surface area contributed by atoms with Gasteiger partial charge in [-0.25, -0.2) is 0 Å². The number of amides is 2. The molecule has 0 spiro atoms. The molecule has 0 radical (unpaired) electrons. The van der Waals surface area contributed by atoms with Gasteiger partial charge in [-0.05, 0) is 32.5 Å². The lowest BCUT2D eigenvalue weighted by Crippen LogP contribution is -2.41. The number of carbonyl (C=O) groups excluding carboxylic acids is 2. The highest BCUT2D eigenvalue weighted by Gasteiger charge is 2.15. The Bertz CT molecular complexity index is 712. The van der Waals surface area contributed by atoms with Crippen LogP contribution in [0.4, 0.5) is 5.69 Å². The Morgan fingerprint density at radius 1 is 1.21 bits per heavy atom. The molecule has 0 saturated carbocycles. The van der Waals surface area contributed by atoms with Crippen molar-refractivity contribution >= 4 is 28.4 Å². The van der Waals surface area contributed by atoms with Crippen molar-refractivity contribution in [1.29, 1.82) is 0 Å². The van der Waals surface area contributed by atoms with E-state index in [1.54, 1.807) is 12.3 Å². The van der Waals surface area contributed by atoms with E-state index in [1.807, 2.05) is 31.3 Å². The molecule has 24 heavy (non-hydrogen) atoms. The van der Waals surface area contributed by atoms with Crippen LogP contribution in [0, 0.1) is 0 Å². The largest absolute Gasteiger partial charge is 0.347 e. The Morgan fingerprint density at radius 3 is 2.71 bits per heavy atom. The summed E-state index contributed by atoms with van der Waals surface area (Å²) in [5.74, 6) is -1.32. The summed E-state index contributed by atoms with van der Waals surface area (Å²) >= 11 is 0. The van der Waals surface area contributed by atoms with E-state index in [0.717, 1.165) is 11.8 Å². The number of para-hydroxylation sites is 1. The Kier molecular flexibility index (Phi) is 6.26. The van der Waals surface area contributed by atoms with Crippen LogP contribution in [-0.2, 0) is 9.59 Å². The van der Waals surface area contributed by atoms with Crippen molar-refractivity contribution in [3.8, 4) is 0 Å². The van der Waals surface area contributed by atoms with Gasteiger partial charge in [0.2, 0.25) is 0 Å². The Labute approximate surface area is 142 Å². The number of pyridine rings is 1. The molecule has 1 aromatic heterocycles. The molecule has 0 saturated heterocycles. The first-order chi connectivity index (χ1) is 11.5. The predicted octanol–water partition coefficient (Wildman–Crippen LogP) is 2.02. The molecule has 6 nitrogen and oxygen atoms in total. The van der Waals surface area contributed by atoms with E-state index in [4.69, 9.17) is 0 Å². The van der Waals surface area contributed by atoms with Crippen LogP contribution in [0.2, 0.25) is 0 Å². The van der Waals surface area contributed by atoms with E-state index in [2.05, 4.69) is 34.4 Å². The predicted molar refractivity (Wildman–Crippen MR) is 95.8 cm³/mol. The molecule has 0 aliphatic rings. The summed E-state index contributed by atoms with van der Waals surface area (Å²) in [6.07, 6.45) is 2.70. The fourth-order valence-electron chi connectivity index (χ4n) is 2.34. The summed E-state index contributed by atoms with van der Waals surface area (Å²) in [4.78, 5) is 30.4. The highest BCUT2D eigenvalue weighted by Crippen LogP contribution is 2.20. The van der Waals surface area contributed by atoms with Gasteiger partial charge in [-0.1, -0.05) is 25.1 Å². The molecule has 6 heteroatoms. The molecule has 1 aromatic carbocycles. The first-order valence-corrected chi connectivity index (χ1v) is 8.16. The number of benzene rings is 1. The zero-order valence-corrected chi connectivity index (χ0v) is 14.4. The van der Waals surface area contributed by atoms with Crippen molar-refractivity contribution in [1.82, 2.24) is 15.2 Å². The fraction of sp³-hybridized carbons (Fsp3) is 0.389. The minimum absolute atomic E-state index is 0.431. The van der Waals surface area contributed by atoms with Crippen molar-refractivity contribution in [3.05, 3.63) is 36.5 Å². The van der Waals surface area contributed by atoms with Crippen molar-refractivity contribution in [3.63, 3.8) is 0 Å². The molecule has 128 valence electrons. The highest BCUT2D eigenvalue weighted by molar-refractivity contribution is 6.40. The van der Waals surface area contributed by atoms with Crippen LogP contribution in [0.25, 0.3) is 10.9 Å². The van der Waals surface area contributed by atoms with Crippen LogP contribution in [-0.4, -0.2) is 47.9 Å². The number of fused-ring (bicyclic) bond motifs is 1. The summed E-state index contributed by atoms with van der Waals surface area (Å²) in [6, 6.07) is 9.63. The number of likely N-dealkylation sites (N-methyl/N-ethyl adjacent to an activating group) is 1. The Balaban J connectivity index is 1.91. The molecule has 0 fully saturated rings. The molecular formula is C18H24N4O2. The van der Waals surface area contributed by atoms with Crippen LogP contribution in [0.1, 0.15) is 20.3 Å². The summed E-state index contributed by atoms with van der Waals surface area (Å²) in [7, 11) is 2.00. The summed E-state index contributed by atoms with van der Waals surface area (Å²) < 4.78 is 0. The van der Waals surface area contributed by atoms with Gasteiger partial charge in [0.25, 0.3) is 0 Å². The van der Waals surface area contributed by atoms with E-state index < -0.39 is 11.8 Å². The van der Waals surface area contributed by atoms with Crippen LogP contribution in [0.3, 0.4) is 0 Å². The van der Waals surface area contributed by atoms with Crippen molar-refractivity contribution in [2.45, 2.75) is 26.3 Å². The number of nitrogens with zero attached hydrogens (tertiary/aromatic N) is 2. The lowest BCUT2D eigenvalue weighted by molar-refractivity contribution is -0.136. The van der Waals surface area contributed by atoms with Gasteiger partial charge in [-0.2, -0.15) is 0 Å². The number of carbonyl (C=O) groups is 2. The second kappa shape index (κ2) is 8.40. The Morgan fingerprint density at radius 2 is 1.96 bits per heavy atom. The third kappa shape index (κ3) is 4.52. The van der Waals surface area contributed by atoms with Crippen LogP contribution in [0.5, 0.6) is 0 Å². The standard InChI is InChI=1S/C18H24N4O2/c1-4-13(2)22(3)12-11-20-17(23)18(24)21-15-9-5-7-14-8-6-10-19-16(14)15/h5-10,13H,4,11-12H2,1-3H3,(H,20,23)(H,21,24)/t13-/m0/s1. The normalized spacial score (nSPS) is 12.2. The number of hydrogen-bond donors (Lipinski definition) is 2. The number of anilines is 1. The van der Waals surface area contributed by atoms with E-state index >= 15 is 0 Å². The molecule has 0 aliphatic carbocycles. The molecule has 2 rings (SSSR count). The lowest BCUT2D eigenvalue weighted by atomic mass is 10.2. The molecular weight excluding hydrogens is 304 g/mol. The van der Waals surface area contributed by atoms with Gasteiger partial charge in [-0.15, -0.1) is 0 Å². The van der Waals surface area contributed by atoms with Crippen LogP contribution in [0.15, 0.2) is 36.5 Å². The topological polar surface area (TPSA) is 74.3 Å². The monoisotopic (exact) mass is 328 g/mol. The number of nitrogens with one attached hydrogen (secondary N) is 2. The van der Waals surface area contributed by atoms with Gasteiger partial charge < -0.3 is 15.5 Å². The van der Waals surface area contributed by atoms with Gasteiger partial charge >= 0.3 is 11.8 Å². The van der Waals surface area contributed by atoms with Gasteiger partial charge in [0.1, 0.15) is 0 Å². The van der Waals surface area contributed by atoms with E-state index in [1.165, 1.54) is 0 Å². The number of hydrogen-bond acceptors (Lipinski definition) is 4. The molecule has 0 bridgehead atoms. The van der Waals surface area contributed by atoms with Gasteiger partial charge in [0.15, 0.2) is 0 Å². The van der Waals surface area contributed by atoms with E-state index in [-0.39, 0.29) is 0 Å². The quantitative estimate of drug-likeness (QED) is 0.796. The van der Waals surface area contributed by atoms with E-state index in [9.17, 15) is 9.59 Å². The molecule has 1 atom stereocenters. The molecule has 2 amide bonds. The fourth-order valence-corrected chi connectivity index (χ4v) is 2.34. The average molecular weight is 328 g/mol. The van der Waals surface area contributed by atoms with E-state index in [0.29, 0.717) is 30.3 Å². The maximum atomic E-state index is 12.1. The molecule has 2 N–H and O–H groups in total. The lowest BCUT2D eigenvalue weighted by Gasteiger charge is -2.23.